The fourth-order valence-corrected chi connectivity index (χ4v) is 7.79. The number of hydrogen-bond donors (Lipinski definition) is 6. The summed E-state index contributed by atoms with van der Waals surface area (Å²) in [6.07, 6.45) is 3.21. The van der Waals surface area contributed by atoms with Crippen LogP contribution in [0.2, 0.25) is 0 Å². The van der Waals surface area contributed by atoms with Crippen LogP contribution in [0.4, 0.5) is 5.95 Å². The number of anilines is 1. The summed E-state index contributed by atoms with van der Waals surface area (Å²) in [5.74, 6) is 0.339. The molecular weight excluding hydrogens is 854 g/mol. The van der Waals surface area contributed by atoms with Gasteiger partial charge >= 0.3 is 0 Å². The van der Waals surface area contributed by atoms with Crippen molar-refractivity contribution in [2.75, 3.05) is 32.5 Å². The van der Waals surface area contributed by atoms with Gasteiger partial charge in [0.25, 0.3) is 11.8 Å². The molecule has 0 saturated carbocycles. The SMILES string of the molecule is COC1=C(Br)[C@@H](O)[C@]2(C=C1Br)CC(C(=O)NCCCOc1c(Br)cc(C/C(=N\O)C(=O)NCCc3cnc(N)[nH]3)cc1Br)=NO2. The molecule has 2 atom stereocenters. The van der Waals surface area contributed by atoms with Gasteiger partial charge in [-0.15, -0.1) is 0 Å². The van der Waals surface area contributed by atoms with Gasteiger partial charge in [0.2, 0.25) is 0 Å². The Morgan fingerprint density at radius 3 is 2.60 bits per heavy atom. The third-order valence-electron chi connectivity index (χ3n) is 6.74. The molecule has 2 heterocycles. The van der Waals surface area contributed by atoms with Gasteiger partial charge in [0.15, 0.2) is 11.5 Å². The average molecular weight is 883 g/mol. The number of rotatable bonds is 13. The van der Waals surface area contributed by atoms with Gasteiger partial charge in [-0.3, -0.25) is 9.59 Å². The van der Waals surface area contributed by atoms with Crippen LogP contribution in [0.3, 0.4) is 0 Å². The van der Waals surface area contributed by atoms with E-state index in [-0.39, 0.29) is 30.9 Å². The molecule has 4 rings (SSSR count). The first kappa shape index (κ1) is 34.9. The average Bonchev–Trinajstić information content (AvgIpc) is 3.62. The van der Waals surface area contributed by atoms with Crippen molar-refractivity contribution in [2.45, 2.75) is 37.4 Å². The minimum atomic E-state index is -1.23. The number of amides is 2. The molecule has 0 unspecified atom stereocenters. The van der Waals surface area contributed by atoms with Crippen molar-refractivity contribution < 1.29 is 34.2 Å². The smallest absolute Gasteiger partial charge is 0.269 e. The van der Waals surface area contributed by atoms with Crippen molar-refractivity contribution >= 4 is 92.9 Å². The Morgan fingerprint density at radius 2 is 1.96 bits per heavy atom. The number of aliphatic hydroxyl groups is 1. The normalized spacial score (nSPS) is 19.6. The van der Waals surface area contributed by atoms with Crippen molar-refractivity contribution in [3.8, 4) is 5.75 Å². The molecule has 7 N–H and O–H groups in total. The molecule has 1 spiro atoms. The van der Waals surface area contributed by atoms with E-state index < -0.39 is 23.5 Å². The zero-order valence-corrected chi connectivity index (χ0v) is 30.0. The lowest BCUT2D eigenvalue weighted by atomic mass is 9.87. The van der Waals surface area contributed by atoms with Gasteiger partial charge in [0, 0.05) is 38.0 Å². The lowest BCUT2D eigenvalue weighted by Gasteiger charge is -2.33. The Hall–Kier alpha value is -2.93. The lowest BCUT2D eigenvalue weighted by molar-refractivity contribution is -0.115. The number of nitrogen functional groups attached to an aromatic ring is 1. The number of carbonyl (C=O) groups excluding carboxylic acids is 2. The molecular formula is C27H29Br4N7O7. The number of allylic oxidation sites excluding steroid dienone is 1. The summed E-state index contributed by atoms with van der Waals surface area (Å²) in [4.78, 5) is 37.5. The molecule has 2 amide bonds. The number of nitrogens with two attached hydrogens (primary N) is 1. The lowest BCUT2D eigenvalue weighted by Crippen LogP contribution is -2.45. The minimum Gasteiger partial charge on any atom is -0.495 e. The van der Waals surface area contributed by atoms with E-state index in [1.807, 2.05) is 0 Å². The number of ether oxygens (including phenoxy) is 2. The number of nitrogens with zero attached hydrogens (tertiary/aromatic N) is 3. The predicted molar refractivity (Wildman–Crippen MR) is 179 cm³/mol. The van der Waals surface area contributed by atoms with E-state index in [0.29, 0.717) is 66.9 Å². The van der Waals surface area contributed by atoms with Crippen LogP contribution in [0, 0.1) is 0 Å². The number of benzene rings is 1. The Bertz CT molecular complexity index is 1550. The Balaban J connectivity index is 1.21. The van der Waals surface area contributed by atoms with Crippen LogP contribution in [-0.2, 0) is 32.0 Å². The van der Waals surface area contributed by atoms with Gasteiger partial charge < -0.3 is 46.0 Å². The topological polar surface area (TPSA) is 206 Å². The molecule has 0 saturated heterocycles. The molecule has 14 nitrogen and oxygen atoms in total. The summed E-state index contributed by atoms with van der Waals surface area (Å²) < 4.78 is 13.4. The van der Waals surface area contributed by atoms with E-state index in [4.69, 9.17) is 20.0 Å². The van der Waals surface area contributed by atoms with Crippen molar-refractivity contribution in [1.29, 1.82) is 0 Å². The van der Waals surface area contributed by atoms with Crippen LogP contribution in [0.1, 0.15) is 24.1 Å². The summed E-state index contributed by atoms with van der Waals surface area (Å²) in [6, 6.07) is 3.52. The fraction of sp³-hybridized carbons (Fsp3) is 0.370. The number of carbonyl (C=O) groups is 2. The molecule has 45 heavy (non-hydrogen) atoms. The third kappa shape index (κ3) is 8.46. The van der Waals surface area contributed by atoms with E-state index in [1.54, 1.807) is 24.4 Å². The molecule has 0 radical (unpaired) electrons. The van der Waals surface area contributed by atoms with E-state index in [0.717, 1.165) is 5.69 Å². The second-order valence-electron chi connectivity index (χ2n) is 9.91. The predicted octanol–water partition coefficient (Wildman–Crippen LogP) is 3.55. The summed E-state index contributed by atoms with van der Waals surface area (Å²) in [5, 5.41) is 32.8. The maximum Gasteiger partial charge on any atom is 0.269 e. The molecule has 242 valence electrons. The maximum atomic E-state index is 12.7. The highest BCUT2D eigenvalue weighted by atomic mass is 79.9. The monoisotopic (exact) mass is 879 g/mol. The number of aliphatic hydroxyl groups excluding tert-OH is 1. The summed E-state index contributed by atoms with van der Waals surface area (Å²) in [5.41, 5.74) is 5.87. The van der Waals surface area contributed by atoms with Gasteiger partial charge in [-0.2, -0.15) is 0 Å². The number of hydrogen-bond acceptors (Lipinski definition) is 11. The molecule has 1 aliphatic carbocycles. The number of oxime groups is 2. The molecule has 0 bridgehead atoms. The number of aromatic amines is 1. The molecule has 1 aromatic carbocycles. The van der Waals surface area contributed by atoms with E-state index in [1.165, 1.54) is 7.11 Å². The van der Waals surface area contributed by atoms with Gasteiger partial charge in [-0.05, 0) is 93.9 Å². The van der Waals surface area contributed by atoms with Crippen LogP contribution < -0.4 is 21.1 Å². The van der Waals surface area contributed by atoms with Gasteiger partial charge in [0.05, 0.1) is 37.8 Å². The first-order valence-corrected chi connectivity index (χ1v) is 16.6. The standard InChI is InChI=1S/C27H29Br4N7O7/c1-43-22-17(30)10-27(23(39)20(22)31)11-19(38-45-27)25(41)33-4-2-6-44-21-15(28)7-13(8-16(21)29)9-18(37-42)24(40)34-5-3-14-12-35-26(32)36-14/h7-8,10,12,23,39,42H,2-6,9,11H2,1H3,(H,33,41)(H,34,40)(H3,32,35,36)/b37-18+/t23-,27+/m1/s1. The Morgan fingerprint density at radius 1 is 1.22 bits per heavy atom. The summed E-state index contributed by atoms with van der Waals surface area (Å²) in [6.45, 7) is 0.882. The number of nitrogens with one attached hydrogen (secondary N) is 3. The highest BCUT2D eigenvalue weighted by Crippen LogP contribution is 2.44. The van der Waals surface area contributed by atoms with Gasteiger partial charge in [0.1, 0.15) is 29.0 Å². The van der Waals surface area contributed by atoms with Crippen molar-refractivity contribution in [2.24, 2.45) is 10.3 Å². The van der Waals surface area contributed by atoms with Crippen LogP contribution in [-0.4, -0.2) is 82.0 Å². The van der Waals surface area contributed by atoms with Crippen molar-refractivity contribution in [3.05, 3.63) is 59.3 Å². The Labute approximate surface area is 291 Å². The van der Waals surface area contributed by atoms with Crippen molar-refractivity contribution in [3.63, 3.8) is 0 Å². The third-order valence-corrected chi connectivity index (χ3v) is 9.30. The highest BCUT2D eigenvalue weighted by Gasteiger charge is 2.50. The molecule has 2 aromatic rings. The molecule has 0 fully saturated rings. The van der Waals surface area contributed by atoms with Crippen LogP contribution in [0.5, 0.6) is 5.75 Å². The van der Waals surface area contributed by atoms with E-state index in [2.05, 4.69) is 94.6 Å². The van der Waals surface area contributed by atoms with Crippen LogP contribution >= 0.6 is 63.7 Å². The largest absolute Gasteiger partial charge is 0.495 e. The van der Waals surface area contributed by atoms with E-state index in [9.17, 15) is 19.9 Å². The second-order valence-corrected chi connectivity index (χ2v) is 13.3. The van der Waals surface area contributed by atoms with Crippen LogP contribution in [0.25, 0.3) is 0 Å². The maximum absolute atomic E-state index is 12.7. The van der Waals surface area contributed by atoms with Gasteiger partial charge in [-0.1, -0.05) is 10.3 Å². The summed E-state index contributed by atoms with van der Waals surface area (Å²) in [7, 11) is 1.48. The zero-order valence-electron chi connectivity index (χ0n) is 23.7. The molecule has 1 aliphatic heterocycles. The highest BCUT2D eigenvalue weighted by molar-refractivity contribution is 9.12. The minimum absolute atomic E-state index is 0.0593. The van der Waals surface area contributed by atoms with E-state index >= 15 is 0 Å². The summed E-state index contributed by atoms with van der Waals surface area (Å²) >= 11 is 13.7. The van der Waals surface area contributed by atoms with Crippen molar-refractivity contribution in [1.82, 2.24) is 20.6 Å². The number of imidazole rings is 1. The van der Waals surface area contributed by atoms with Gasteiger partial charge in [-0.25, -0.2) is 4.98 Å². The van der Waals surface area contributed by atoms with Crippen LogP contribution in [0.15, 0.2) is 58.4 Å². The molecule has 1 aromatic heterocycles. The number of halogens is 4. The second kappa shape index (κ2) is 15.6. The molecule has 2 aliphatic rings. The molecule has 18 heteroatoms. The number of aromatic nitrogens is 2. The first-order chi connectivity index (χ1) is 21.5. The fourth-order valence-electron chi connectivity index (χ4n) is 4.49. The zero-order chi connectivity index (χ0) is 32.7. The Kier molecular flexibility index (Phi) is 12.1. The number of methoxy groups -OCH3 is 1. The number of H-pyrrole nitrogens is 1. The first-order valence-electron chi connectivity index (χ1n) is 13.4. The quantitative estimate of drug-likeness (QED) is 0.0753.